The van der Waals surface area contributed by atoms with Crippen molar-refractivity contribution in [2.24, 2.45) is 0 Å². The Morgan fingerprint density at radius 3 is 0.820 bits per heavy atom. The zero-order valence-electron chi connectivity index (χ0n) is 38.0. The molecule has 0 saturated heterocycles. The molecular weight excluding hydrogens is 790 g/mol. The third-order valence-corrected chi connectivity index (χ3v) is 9.41. The monoisotopic (exact) mass is 876 g/mol. The summed E-state index contributed by atoms with van der Waals surface area (Å²) in [6, 6.07) is 5.93. The quantitative estimate of drug-likeness (QED) is 0.0350. The predicted octanol–water partition coefficient (Wildman–Crippen LogP) is 8.42. The molecule has 0 bridgehead atoms. The fourth-order valence-corrected chi connectivity index (χ4v) is 5.94. The largest absolute Gasteiger partial charge is 0.491 e. The average Bonchev–Trinajstić information content (AvgIpc) is 3.27. The Bertz CT molecular complexity index is 1010. The van der Waals surface area contributed by atoms with E-state index in [0.717, 1.165) is 13.0 Å². The van der Waals surface area contributed by atoms with Crippen LogP contribution in [0, 0.1) is 10.1 Å². The summed E-state index contributed by atoms with van der Waals surface area (Å²) in [7, 11) is 0. The van der Waals surface area contributed by atoms with Crippen LogP contribution < -0.4 is 4.74 Å². The molecule has 358 valence electrons. The van der Waals surface area contributed by atoms with Crippen molar-refractivity contribution in [1.82, 2.24) is 0 Å². The fourth-order valence-electron chi connectivity index (χ4n) is 5.94. The molecule has 0 fully saturated rings. The first-order valence-corrected chi connectivity index (χ1v) is 23.5. The molecule has 1 rings (SSSR count). The molecule has 0 unspecified atom stereocenters. The van der Waals surface area contributed by atoms with Gasteiger partial charge in [-0.15, -0.1) is 0 Å². The summed E-state index contributed by atoms with van der Waals surface area (Å²) in [4.78, 5) is 10.2. The number of nitrogens with zero attached hydrogens (tertiary/aromatic N) is 1. The molecule has 0 amide bonds. The summed E-state index contributed by atoms with van der Waals surface area (Å²) in [5.41, 5.74) is 0.0272. The van der Waals surface area contributed by atoms with Crippen LogP contribution in [0.1, 0.15) is 110 Å². The van der Waals surface area contributed by atoms with E-state index < -0.39 is 4.92 Å². The van der Waals surface area contributed by atoms with Crippen molar-refractivity contribution in [2.45, 2.75) is 110 Å². The smallest absolute Gasteiger partial charge is 0.269 e. The Hall–Kier alpha value is -2.02. The lowest BCUT2D eigenvalue weighted by atomic mass is 10.0. The number of nitro groups is 1. The van der Waals surface area contributed by atoms with Crippen molar-refractivity contribution < 1.29 is 61.8 Å². The third-order valence-electron chi connectivity index (χ3n) is 9.41. The van der Waals surface area contributed by atoms with Crippen molar-refractivity contribution in [3.63, 3.8) is 0 Å². The van der Waals surface area contributed by atoms with E-state index in [1.54, 1.807) is 12.1 Å². The van der Waals surface area contributed by atoms with Crippen LogP contribution in [0.3, 0.4) is 0 Å². The Morgan fingerprint density at radius 1 is 0.328 bits per heavy atom. The molecule has 0 aliphatic rings. The van der Waals surface area contributed by atoms with Gasteiger partial charge in [0.25, 0.3) is 5.69 Å². The molecule has 0 aliphatic heterocycles. The van der Waals surface area contributed by atoms with Gasteiger partial charge in [0.05, 0.1) is 144 Å². The van der Waals surface area contributed by atoms with Gasteiger partial charge in [0.2, 0.25) is 0 Å². The van der Waals surface area contributed by atoms with Crippen molar-refractivity contribution >= 4 is 5.69 Å². The molecule has 1 aromatic rings. The maximum atomic E-state index is 10.7. The van der Waals surface area contributed by atoms with E-state index in [2.05, 4.69) is 6.92 Å². The van der Waals surface area contributed by atoms with E-state index in [9.17, 15) is 10.1 Å². The number of ether oxygens (including phenoxy) is 12. The second-order valence-electron chi connectivity index (χ2n) is 14.6. The van der Waals surface area contributed by atoms with Crippen molar-refractivity contribution in [3.05, 3.63) is 34.4 Å². The molecule has 1 aromatic carbocycles. The second kappa shape index (κ2) is 49.0. The molecule has 0 aliphatic carbocycles. The first-order chi connectivity index (χ1) is 30.2. The molecule has 0 N–H and O–H groups in total. The van der Waals surface area contributed by atoms with Gasteiger partial charge in [0.1, 0.15) is 12.4 Å². The highest BCUT2D eigenvalue weighted by Gasteiger charge is 2.04. The Kier molecular flexibility index (Phi) is 45.8. The normalized spacial score (nSPS) is 11.5. The lowest BCUT2D eigenvalue weighted by Gasteiger charge is -2.09. The van der Waals surface area contributed by atoms with E-state index in [0.29, 0.717) is 151 Å². The van der Waals surface area contributed by atoms with Gasteiger partial charge in [-0.25, -0.2) is 0 Å². The number of non-ortho nitro benzene ring substituents is 1. The summed E-state index contributed by atoms with van der Waals surface area (Å²) in [5, 5.41) is 10.7. The molecule has 0 spiro atoms. The maximum absolute atomic E-state index is 10.7. The lowest BCUT2D eigenvalue weighted by Crippen LogP contribution is -2.15. The van der Waals surface area contributed by atoms with Gasteiger partial charge in [-0.1, -0.05) is 103 Å². The van der Waals surface area contributed by atoms with Crippen LogP contribution >= 0.6 is 0 Å². The van der Waals surface area contributed by atoms with Crippen LogP contribution in [0.2, 0.25) is 0 Å². The van der Waals surface area contributed by atoms with Gasteiger partial charge in [0.15, 0.2) is 0 Å². The minimum Gasteiger partial charge on any atom is -0.491 e. The van der Waals surface area contributed by atoms with Crippen LogP contribution in [-0.4, -0.2) is 157 Å². The van der Waals surface area contributed by atoms with Gasteiger partial charge < -0.3 is 56.8 Å². The molecule has 0 aromatic heterocycles. The first kappa shape index (κ1) is 57.0. The van der Waals surface area contributed by atoms with Crippen LogP contribution in [0.15, 0.2) is 24.3 Å². The zero-order chi connectivity index (χ0) is 43.6. The molecule has 0 atom stereocenters. The predicted molar refractivity (Wildman–Crippen MR) is 237 cm³/mol. The van der Waals surface area contributed by atoms with E-state index in [-0.39, 0.29) is 5.69 Å². The average molecular weight is 876 g/mol. The summed E-state index contributed by atoms with van der Waals surface area (Å²) in [6.07, 6.45) is 22.1. The van der Waals surface area contributed by atoms with E-state index in [4.69, 9.17) is 56.8 Å². The topological polar surface area (TPSA) is 154 Å². The zero-order valence-corrected chi connectivity index (χ0v) is 38.0. The minimum atomic E-state index is -0.448. The standard InChI is InChI=1S/C46H85NO14/c1-2-3-4-5-6-7-8-9-10-11-12-13-14-15-16-17-22-50-23-24-51-25-26-52-27-28-53-29-30-54-31-32-55-33-34-56-35-36-57-37-38-58-39-40-59-41-42-60-43-44-61-46-20-18-45(19-21-46)47(48)49/h18-21H,2-17,22-44H2,1H3. The third kappa shape index (κ3) is 44.4. The van der Waals surface area contributed by atoms with Gasteiger partial charge in [-0.3, -0.25) is 10.1 Å². The Balaban J connectivity index is 1.61. The maximum Gasteiger partial charge on any atom is 0.269 e. The number of hydrogen-bond donors (Lipinski definition) is 0. The first-order valence-electron chi connectivity index (χ1n) is 23.5. The fraction of sp³-hybridized carbons (Fsp3) is 0.870. The van der Waals surface area contributed by atoms with Gasteiger partial charge in [-0.05, 0) is 18.6 Å². The number of benzene rings is 1. The van der Waals surface area contributed by atoms with Crippen LogP contribution in [-0.2, 0) is 52.1 Å². The molecule has 15 nitrogen and oxygen atoms in total. The van der Waals surface area contributed by atoms with E-state index >= 15 is 0 Å². The van der Waals surface area contributed by atoms with Gasteiger partial charge >= 0.3 is 0 Å². The highest BCUT2D eigenvalue weighted by Crippen LogP contribution is 2.17. The van der Waals surface area contributed by atoms with Crippen molar-refractivity contribution in [2.75, 3.05) is 152 Å². The Morgan fingerprint density at radius 2 is 0.557 bits per heavy atom. The van der Waals surface area contributed by atoms with Crippen LogP contribution in [0.5, 0.6) is 5.75 Å². The van der Waals surface area contributed by atoms with Crippen molar-refractivity contribution in [3.8, 4) is 5.75 Å². The summed E-state index contributed by atoms with van der Waals surface area (Å²) >= 11 is 0. The second-order valence-corrected chi connectivity index (χ2v) is 14.6. The number of unbranched alkanes of at least 4 members (excludes halogenated alkanes) is 15. The van der Waals surface area contributed by atoms with E-state index in [1.165, 1.54) is 108 Å². The molecule has 61 heavy (non-hydrogen) atoms. The number of nitro benzene ring substituents is 1. The summed E-state index contributed by atoms with van der Waals surface area (Å²) in [6.45, 7) is 14.1. The Labute approximate surface area is 368 Å². The van der Waals surface area contributed by atoms with E-state index in [1.807, 2.05) is 0 Å². The van der Waals surface area contributed by atoms with Crippen LogP contribution in [0.25, 0.3) is 0 Å². The summed E-state index contributed by atoms with van der Waals surface area (Å²) in [5.74, 6) is 0.558. The van der Waals surface area contributed by atoms with Gasteiger partial charge in [0, 0.05) is 18.7 Å². The molecule has 0 radical (unpaired) electrons. The highest BCUT2D eigenvalue weighted by molar-refractivity contribution is 5.35. The lowest BCUT2D eigenvalue weighted by molar-refractivity contribution is -0.384. The summed E-state index contributed by atoms with van der Waals surface area (Å²) < 4.78 is 66.3. The highest BCUT2D eigenvalue weighted by atomic mass is 16.6. The number of hydrogen-bond acceptors (Lipinski definition) is 14. The molecule has 0 saturated carbocycles. The van der Waals surface area contributed by atoms with Crippen molar-refractivity contribution in [1.29, 1.82) is 0 Å². The molecule has 0 heterocycles. The molecule has 15 heteroatoms. The SMILES string of the molecule is CCCCCCCCCCCCCCCCCCOCCOCCOCCOCCOCCOCCOCCOCCOCCOCCOCCOc1ccc([N+](=O)[O-])cc1. The van der Waals surface area contributed by atoms with Crippen LogP contribution in [0.4, 0.5) is 5.69 Å². The molecular formula is C46H85NO14. The number of rotatable bonds is 52. The minimum absolute atomic E-state index is 0.0272. The van der Waals surface area contributed by atoms with Gasteiger partial charge in [-0.2, -0.15) is 0 Å².